The Morgan fingerprint density at radius 2 is 0.592 bits per heavy atom. The summed E-state index contributed by atoms with van der Waals surface area (Å²) in [4.78, 5) is 35.8. The normalized spacial score (nSPS) is 11.9. The number of aromatic nitrogens is 8. The predicted molar refractivity (Wildman–Crippen MR) is 197 cm³/mol. The number of fused-ring (bicyclic) bond motifs is 20. The number of nitrogens with one attached hydrogen (secondary N) is 2. The maximum atomic E-state index is 6.76. The van der Waals surface area contributed by atoms with E-state index in [1.54, 1.807) is 48.5 Å². The van der Waals surface area contributed by atoms with Gasteiger partial charge in [-0.15, -0.1) is 0 Å². The maximum Gasteiger partial charge on any atom is 2.00 e. The summed E-state index contributed by atoms with van der Waals surface area (Å²) in [7, 11) is 0. The van der Waals surface area contributed by atoms with Gasteiger partial charge in [0.2, 0.25) is 0 Å². The quantitative estimate of drug-likeness (QED) is 0.141. The molecule has 49 heavy (non-hydrogen) atoms. The van der Waals surface area contributed by atoms with Crippen LogP contribution in [0.3, 0.4) is 0 Å². The molecule has 0 unspecified atom stereocenters. The van der Waals surface area contributed by atoms with Crippen LogP contribution in [0.1, 0.15) is 0 Å². The molecule has 3 aromatic heterocycles. The van der Waals surface area contributed by atoms with Crippen molar-refractivity contribution in [2.45, 2.75) is 0 Å². The van der Waals surface area contributed by atoms with E-state index in [9.17, 15) is 0 Å². The van der Waals surface area contributed by atoms with E-state index >= 15 is 0 Å². The zero-order valence-corrected chi connectivity index (χ0v) is 31.5. The molecule has 0 spiro atoms. The fraction of sp³-hybridized carbons (Fsp3) is 0. The van der Waals surface area contributed by atoms with E-state index in [2.05, 4.69) is 9.97 Å². The molecule has 0 aliphatic carbocycles. The summed E-state index contributed by atoms with van der Waals surface area (Å²) in [5, 5.41) is 5.08. The van der Waals surface area contributed by atoms with Crippen LogP contribution in [0.25, 0.3) is 89.7 Å². The summed E-state index contributed by atoms with van der Waals surface area (Å²) in [5.74, 6) is 1.35. The van der Waals surface area contributed by atoms with E-state index < -0.39 is 0 Å². The molecular formula is C32H10Cl8MgN8+2. The van der Waals surface area contributed by atoms with Crippen LogP contribution in [-0.2, 0) is 0 Å². The molecule has 17 heteroatoms. The number of rotatable bonds is 0. The van der Waals surface area contributed by atoms with Gasteiger partial charge >= 0.3 is 23.1 Å². The topological polar surface area (TPSA) is 108 Å². The summed E-state index contributed by atoms with van der Waals surface area (Å²) in [5.41, 5.74) is 3.21. The third-order valence-corrected chi connectivity index (χ3v) is 10.7. The zero-order chi connectivity index (χ0) is 33.2. The van der Waals surface area contributed by atoms with Crippen molar-refractivity contribution in [3.8, 4) is 45.6 Å². The van der Waals surface area contributed by atoms with Crippen molar-refractivity contribution in [2.75, 3.05) is 0 Å². The molecule has 9 rings (SSSR count). The van der Waals surface area contributed by atoms with Crippen molar-refractivity contribution >= 4 is 160 Å². The fourth-order valence-electron chi connectivity index (χ4n) is 5.88. The van der Waals surface area contributed by atoms with Gasteiger partial charge in [0.25, 0.3) is 5.82 Å². The van der Waals surface area contributed by atoms with E-state index in [1.165, 1.54) is 0 Å². The summed E-state index contributed by atoms with van der Waals surface area (Å²) >= 11 is 53.0. The van der Waals surface area contributed by atoms with Crippen LogP contribution in [0, 0.1) is 0 Å². The van der Waals surface area contributed by atoms with Crippen LogP contribution >= 0.6 is 92.8 Å². The Bertz CT molecular complexity index is 2430. The van der Waals surface area contributed by atoms with Gasteiger partial charge in [-0.3, -0.25) is 9.97 Å². The Hall–Kier alpha value is -2.67. The molecule has 234 valence electrons. The predicted octanol–water partition coefficient (Wildman–Crippen LogP) is 9.81. The number of halogens is 8. The van der Waals surface area contributed by atoms with Gasteiger partial charge in [-0.1, -0.05) is 97.8 Å². The van der Waals surface area contributed by atoms with Crippen LogP contribution in [-0.4, -0.2) is 43.0 Å². The average molecular weight is 814 g/mol. The first-order valence-corrected chi connectivity index (χ1v) is 16.8. The molecule has 4 aromatic carbocycles. The van der Waals surface area contributed by atoms with Gasteiger partial charge in [0.1, 0.15) is 17.5 Å². The summed E-state index contributed by atoms with van der Waals surface area (Å²) in [6.45, 7) is 0. The molecule has 8 bridgehead atoms. The standard InChI is InChI=1S/C32H8Cl8N8.Mg/c33-13-1-2-14(34)22-21(13)29-43-25-9-5-17(37)18(38)6-10(9)27(41-25)45-31-23-15(35)3-4-16(36)24(23)32(48-31)46-28-12-8-20(40)19(39)7-11(12)26(42-28)44-30(22)47-29;/h1-8H;/q-2;+2/p+2. The van der Waals surface area contributed by atoms with Crippen LogP contribution in [0.4, 0.5) is 0 Å². The van der Waals surface area contributed by atoms with Gasteiger partial charge in [0, 0.05) is 33.5 Å². The van der Waals surface area contributed by atoms with Crippen molar-refractivity contribution in [3.63, 3.8) is 0 Å². The Labute approximate surface area is 331 Å². The van der Waals surface area contributed by atoms with Gasteiger partial charge in [-0.2, -0.15) is 0 Å². The number of benzene rings is 4. The first-order valence-electron chi connectivity index (χ1n) is 13.8. The second-order valence-corrected chi connectivity index (χ2v) is 14.0. The first-order chi connectivity index (χ1) is 23.0. The Morgan fingerprint density at radius 3 is 0.816 bits per heavy atom. The van der Waals surface area contributed by atoms with Crippen molar-refractivity contribution in [2.24, 2.45) is 0 Å². The van der Waals surface area contributed by atoms with Gasteiger partial charge < -0.3 is 24.9 Å². The minimum Gasteiger partial charge on any atom is -0.357 e. The number of H-pyrrole nitrogens is 2. The molecule has 8 nitrogen and oxygen atoms in total. The summed E-state index contributed by atoms with van der Waals surface area (Å²) in [6.07, 6.45) is 0. The molecule has 2 aliphatic heterocycles. The minimum absolute atomic E-state index is 0. The molecule has 2 aliphatic rings. The molecule has 5 heterocycles. The molecule has 0 amide bonds. The summed E-state index contributed by atoms with van der Waals surface area (Å²) < 4.78 is 0. The molecule has 0 saturated carbocycles. The second kappa shape index (κ2) is 12.2. The third kappa shape index (κ3) is 5.25. The Balaban J connectivity index is 0.00000348. The van der Waals surface area contributed by atoms with Crippen LogP contribution < -0.4 is 19.9 Å². The number of hydrogen-bond acceptors (Lipinski definition) is 4. The smallest absolute Gasteiger partial charge is 0.357 e. The summed E-state index contributed by atoms with van der Waals surface area (Å²) in [6, 6.07) is 13.4. The average Bonchev–Trinajstić information content (AvgIpc) is 3.77. The van der Waals surface area contributed by atoms with E-state index in [-0.39, 0.29) is 45.6 Å². The van der Waals surface area contributed by atoms with Gasteiger partial charge in [-0.25, -0.2) is 0 Å². The largest absolute Gasteiger partial charge is 2.00 e. The molecule has 0 fully saturated rings. The van der Waals surface area contributed by atoms with Crippen molar-refractivity contribution < 1.29 is 9.97 Å². The van der Waals surface area contributed by atoms with Crippen LogP contribution in [0.15, 0.2) is 48.5 Å². The third-order valence-electron chi connectivity index (χ3n) is 8.01. The Kier molecular flexibility index (Phi) is 8.36. The van der Waals surface area contributed by atoms with E-state index in [1.807, 2.05) is 0 Å². The monoisotopic (exact) mass is 810 g/mol. The van der Waals surface area contributed by atoms with E-state index in [4.69, 9.17) is 123 Å². The van der Waals surface area contributed by atoms with Gasteiger partial charge in [-0.05, 0) is 64.7 Å². The van der Waals surface area contributed by atoms with Crippen molar-refractivity contribution in [1.29, 1.82) is 0 Å². The van der Waals surface area contributed by atoms with E-state index in [0.717, 1.165) is 0 Å². The molecular weight excluding hydrogens is 804 g/mol. The van der Waals surface area contributed by atoms with Crippen LogP contribution in [0.5, 0.6) is 0 Å². The van der Waals surface area contributed by atoms with Crippen molar-refractivity contribution in [1.82, 2.24) is 29.9 Å². The number of hydrogen-bond donors (Lipinski definition) is 0. The molecule has 0 atom stereocenters. The zero-order valence-electron chi connectivity index (χ0n) is 24.0. The molecule has 0 radical (unpaired) electrons. The van der Waals surface area contributed by atoms with E-state index in [0.29, 0.717) is 107 Å². The SMILES string of the molecule is Clc1cc2c3nc4[nH+]c(nc5[n-]c(nc6[nH+]c(nc([n-]3)c2cc1Cl)-c1c(Cl)ccc(Cl)c1-6)c1cc(Cl)c(Cl)cc51)-c1c(Cl)ccc(Cl)c1-4.[Mg+2]. The second-order valence-electron chi connectivity index (χ2n) is 10.8. The minimum atomic E-state index is 0. The molecule has 0 saturated heterocycles. The Morgan fingerprint density at radius 1 is 0.367 bits per heavy atom. The molecule has 7 aromatic rings. The number of aromatic amines is 2. The van der Waals surface area contributed by atoms with Crippen LogP contribution in [0.2, 0.25) is 40.2 Å². The fourth-order valence-corrected chi connectivity index (χ4v) is 7.52. The molecule has 2 N–H and O–H groups in total. The van der Waals surface area contributed by atoms with Gasteiger partial charge in [0.05, 0.1) is 51.3 Å². The van der Waals surface area contributed by atoms with Crippen molar-refractivity contribution in [3.05, 3.63) is 88.7 Å². The van der Waals surface area contributed by atoms with Gasteiger partial charge in [0.15, 0.2) is 5.65 Å². The first kappa shape index (κ1) is 33.5. The maximum absolute atomic E-state index is 6.76. The number of nitrogens with zero attached hydrogens (tertiary/aromatic N) is 6.